The van der Waals surface area contributed by atoms with Gasteiger partial charge in [-0.25, -0.2) is 0 Å². The Labute approximate surface area is 189 Å². The maximum Gasteiger partial charge on any atom is 0.258 e. The zero-order chi connectivity index (χ0) is 23.7. The summed E-state index contributed by atoms with van der Waals surface area (Å²) < 4.78 is 0. The number of rotatable bonds is 5. The number of benzene rings is 2. The van der Waals surface area contributed by atoms with E-state index in [4.69, 9.17) is 0 Å². The molecule has 0 fully saturated rings. The molecule has 0 bridgehead atoms. The van der Waals surface area contributed by atoms with Crippen molar-refractivity contribution >= 4 is 17.5 Å². The van der Waals surface area contributed by atoms with Gasteiger partial charge in [0.15, 0.2) is 0 Å². The predicted molar refractivity (Wildman–Crippen MR) is 125 cm³/mol. The zero-order valence-electron chi connectivity index (χ0n) is 19.6. The minimum atomic E-state index is -0.303. The number of hydrogen-bond donors (Lipinski definition) is 2. The van der Waals surface area contributed by atoms with Crippen molar-refractivity contribution in [3.05, 3.63) is 63.7 Å². The van der Waals surface area contributed by atoms with Gasteiger partial charge in [-0.2, -0.15) is 0 Å². The fraction of sp³-hybridized carbons (Fsp3) is 0.360. The third-order valence-electron chi connectivity index (χ3n) is 5.95. The van der Waals surface area contributed by atoms with Gasteiger partial charge in [-0.3, -0.25) is 9.59 Å². The second-order valence-electron chi connectivity index (χ2n) is 8.68. The highest BCUT2D eigenvalue weighted by atomic mass is 16.3. The number of carbonyl (C=O) groups excluding carboxylic acids is 2. The molecule has 0 unspecified atom stereocenters. The zero-order valence-corrected chi connectivity index (χ0v) is 19.6. The number of aromatic hydroxyl groups is 2. The molecule has 0 saturated heterocycles. The van der Waals surface area contributed by atoms with Crippen LogP contribution in [0.2, 0.25) is 0 Å². The van der Waals surface area contributed by atoms with Gasteiger partial charge >= 0.3 is 0 Å². The summed E-state index contributed by atoms with van der Waals surface area (Å²) in [5, 5.41) is 20.3. The van der Waals surface area contributed by atoms with E-state index < -0.39 is 0 Å². The number of amides is 2. The fourth-order valence-electron chi connectivity index (χ4n) is 3.99. The number of anilines is 1. The number of hydrogen-bond acceptors (Lipinski definition) is 5. The van der Waals surface area contributed by atoms with E-state index in [1.165, 1.54) is 6.07 Å². The molecule has 2 aromatic carbocycles. The predicted octanol–water partition coefficient (Wildman–Crippen LogP) is 3.26. The molecule has 7 nitrogen and oxygen atoms in total. The first-order valence-electron chi connectivity index (χ1n) is 10.5. The van der Waals surface area contributed by atoms with Crippen LogP contribution in [0.15, 0.2) is 30.4 Å². The van der Waals surface area contributed by atoms with Crippen LogP contribution in [-0.2, 0) is 17.9 Å². The summed E-state index contributed by atoms with van der Waals surface area (Å²) in [4.78, 5) is 31.3. The van der Waals surface area contributed by atoms with Crippen LogP contribution in [0.25, 0.3) is 0 Å². The van der Waals surface area contributed by atoms with Crippen LogP contribution >= 0.6 is 0 Å². The van der Waals surface area contributed by atoms with Crippen LogP contribution in [-0.4, -0.2) is 59.5 Å². The molecule has 0 atom stereocenters. The van der Waals surface area contributed by atoms with E-state index in [9.17, 15) is 19.8 Å². The maximum absolute atomic E-state index is 13.3. The highest BCUT2D eigenvalue weighted by Crippen LogP contribution is 2.37. The summed E-state index contributed by atoms with van der Waals surface area (Å²) >= 11 is 0. The first kappa shape index (κ1) is 23.3. The Hall–Kier alpha value is -3.32. The Morgan fingerprint density at radius 3 is 2.34 bits per heavy atom. The Balaban J connectivity index is 1.90. The van der Waals surface area contributed by atoms with Gasteiger partial charge in [0.25, 0.3) is 5.91 Å². The Bertz CT molecular complexity index is 1110. The number of fused-ring (bicyclic) bond motifs is 1. The van der Waals surface area contributed by atoms with Gasteiger partial charge in [0.2, 0.25) is 5.91 Å². The molecule has 2 N–H and O–H groups in total. The second-order valence-corrected chi connectivity index (χ2v) is 8.68. The minimum absolute atomic E-state index is 0.0402. The van der Waals surface area contributed by atoms with E-state index in [0.29, 0.717) is 30.8 Å². The summed E-state index contributed by atoms with van der Waals surface area (Å²) in [6, 6.07) is 5.19. The second kappa shape index (κ2) is 9.04. The van der Waals surface area contributed by atoms with Gasteiger partial charge in [-0.1, -0.05) is 12.1 Å². The van der Waals surface area contributed by atoms with E-state index >= 15 is 0 Å². The highest BCUT2D eigenvalue weighted by Gasteiger charge is 2.31. The molecule has 0 saturated carbocycles. The van der Waals surface area contributed by atoms with E-state index in [1.54, 1.807) is 36.8 Å². The molecule has 1 aliphatic rings. The normalized spacial score (nSPS) is 13.2. The van der Waals surface area contributed by atoms with Crippen LogP contribution in [0, 0.1) is 20.8 Å². The maximum atomic E-state index is 13.3. The lowest BCUT2D eigenvalue weighted by molar-refractivity contribution is -0.113. The Kier molecular flexibility index (Phi) is 6.60. The Morgan fingerprint density at radius 1 is 1.00 bits per heavy atom. The lowest BCUT2D eigenvalue weighted by atomic mass is 10.00. The standard InChI is InChI=1S/C25H31N3O4/c1-15-10-18-13-28(25(32)24-17(3)16(2)21(29)12-22(24)30)14-19(18)20(11-15)27(6)23(31)8-7-9-26(4)5/h7-8,10-12,29-30H,9,13-14H2,1-6H3/b8-7+. The van der Waals surface area contributed by atoms with Crippen molar-refractivity contribution in [2.75, 3.05) is 32.6 Å². The van der Waals surface area contributed by atoms with Crippen molar-refractivity contribution in [3.8, 4) is 11.5 Å². The fourth-order valence-corrected chi connectivity index (χ4v) is 3.99. The van der Waals surface area contributed by atoms with E-state index in [-0.39, 0.29) is 28.9 Å². The lowest BCUT2D eigenvalue weighted by Gasteiger charge is -2.21. The smallest absolute Gasteiger partial charge is 0.258 e. The van der Waals surface area contributed by atoms with Crippen molar-refractivity contribution in [2.45, 2.75) is 33.9 Å². The van der Waals surface area contributed by atoms with Crippen LogP contribution in [0.4, 0.5) is 5.69 Å². The summed E-state index contributed by atoms with van der Waals surface area (Å²) in [7, 11) is 5.61. The van der Waals surface area contributed by atoms with E-state index in [2.05, 4.69) is 0 Å². The molecule has 7 heteroatoms. The van der Waals surface area contributed by atoms with Crippen LogP contribution < -0.4 is 4.90 Å². The highest BCUT2D eigenvalue weighted by molar-refractivity contribution is 6.02. The van der Waals surface area contributed by atoms with Crippen molar-refractivity contribution in [1.82, 2.24) is 9.80 Å². The molecule has 1 heterocycles. The minimum Gasteiger partial charge on any atom is -0.508 e. The number of likely N-dealkylation sites (N-methyl/N-ethyl adjacent to an activating group) is 2. The monoisotopic (exact) mass is 437 g/mol. The quantitative estimate of drug-likeness (QED) is 0.702. The number of phenols is 2. The largest absolute Gasteiger partial charge is 0.508 e. The average molecular weight is 438 g/mol. The van der Waals surface area contributed by atoms with Crippen molar-refractivity contribution < 1.29 is 19.8 Å². The van der Waals surface area contributed by atoms with Gasteiger partial charge in [0, 0.05) is 50.1 Å². The molecule has 0 aromatic heterocycles. The third kappa shape index (κ3) is 4.48. The Morgan fingerprint density at radius 2 is 1.69 bits per heavy atom. The summed E-state index contributed by atoms with van der Waals surface area (Å²) in [5.74, 6) is -0.710. The van der Waals surface area contributed by atoms with Crippen LogP contribution in [0.5, 0.6) is 11.5 Å². The van der Waals surface area contributed by atoms with Gasteiger partial charge < -0.3 is 24.9 Å². The summed E-state index contributed by atoms with van der Waals surface area (Å²) in [6.07, 6.45) is 3.39. The molecule has 1 aliphatic heterocycles. The van der Waals surface area contributed by atoms with E-state index in [1.807, 2.05) is 44.1 Å². The van der Waals surface area contributed by atoms with Crippen molar-refractivity contribution in [2.24, 2.45) is 0 Å². The number of carbonyl (C=O) groups is 2. The number of phenolic OH excluding ortho intramolecular Hbond substituents is 2. The molecule has 2 aromatic rings. The number of aryl methyl sites for hydroxylation is 1. The first-order chi connectivity index (χ1) is 15.0. The average Bonchev–Trinajstić information content (AvgIpc) is 3.14. The first-order valence-corrected chi connectivity index (χ1v) is 10.5. The van der Waals surface area contributed by atoms with Crippen molar-refractivity contribution in [3.63, 3.8) is 0 Å². The lowest BCUT2D eigenvalue weighted by Crippen LogP contribution is -2.28. The molecule has 0 radical (unpaired) electrons. The van der Waals surface area contributed by atoms with Gasteiger partial charge in [-0.05, 0) is 63.2 Å². The summed E-state index contributed by atoms with van der Waals surface area (Å²) in [5.41, 5.74) is 5.00. The molecule has 0 aliphatic carbocycles. The summed E-state index contributed by atoms with van der Waals surface area (Å²) in [6.45, 7) is 6.79. The molecule has 3 rings (SSSR count). The van der Waals surface area contributed by atoms with Crippen LogP contribution in [0.3, 0.4) is 0 Å². The number of nitrogens with zero attached hydrogens (tertiary/aromatic N) is 3. The van der Waals surface area contributed by atoms with Crippen LogP contribution in [0.1, 0.15) is 38.2 Å². The van der Waals surface area contributed by atoms with Gasteiger partial charge in [0.05, 0.1) is 5.56 Å². The molecule has 0 spiro atoms. The molecule has 32 heavy (non-hydrogen) atoms. The molecule has 170 valence electrons. The SMILES string of the molecule is Cc1cc2c(c(N(C)C(=O)/C=C/CN(C)C)c1)CN(C(=O)c1c(O)cc(O)c(C)c1C)C2. The van der Waals surface area contributed by atoms with Gasteiger partial charge in [0.1, 0.15) is 11.5 Å². The van der Waals surface area contributed by atoms with Gasteiger partial charge in [-0.15, -0.1) is 0 Å². The molecule has 2 amide bonds. The van der Waals surface area contributed by atoms with E-state index in [0.717, 1.165) is 22.4 Å². The topological polar surface area (TPSA) is 84.3 Å². The molecular formula is C25H31N3O4. The molecular weight excluding hydrogens is 406 g/mol. The third-order valence-corrected chi connectivity index (χ3v) is 5.95. The van der Waals surface area contributed by atoms with Crippen molar-refractivity contribution in [1.29, 1.82) is 0 Å².